The largest absolute Gasteiger partial charge is 0.316 e. The molecule has 0 bridgehead atoms. The Hall–Kier alpha value is -0.960. The Bertz CT molecular complexity index is 261. The molecule has 0 aliphatic rings. The van der Waals surface area contributed by atoms with Crippen molar-refractivity contribution in [1.82, 2.24) is 5.32 Å². The molecule has 1 nitrogen and oxygen atoms in total. The summed E-state index contributed by atoms with van der Waals surface area (Å²) in [5.41, 5.74) is 0.635. The van der Waals surface area contributed by atoms with E-state index in [1.807, 2.05) is 0 Å². The second-order valence-corrected chi connectivity index (χ2v) is 2.55. The van der Waals surface area contributed by atoms with Crippen LogP contribution in [0.2, 0.25) is 0 Å². The highest BCUT2D eigenvalue weighted by Gasteiger charge is 2.05. The molecule has 0 fully saturated rings. The molecule has 0 heterocycles. The smallest absolute Gasteiger partial charge is 0.133 e. The zero-order valence-electron chi connectivity index (χ0n) is 6.90. The number of benzene rings is 1. The predicted molar refractivity (Wildman–Crippen MR) is 44.0 cm³/mol. The molecule has 0 spiro atoms. The number of rotatable bonds is 3. The average molecular weight is 171 g/mol. The average Bonchev–Trinajstić information content (AvgIpc) is 2.09. The third kappa shape index (κ3) is 1.80. The summed E-state index contributed by atoms with van der Waals surface area (Å²) in [5.74, 6) is -0.436. The maximum Gasteiger partial charge on any atom is 0.133 e. The molecule has 0 saturated carbocycles. The van der Waals surface area contributed by atoms with Gasteiger partial charge in [0, 0.05) is 17.7 Å². The van der Waals surface area contributed by atoms with Crippen molar-refractivity contribution in [3.05, 3.63) is 35.1 Å². The maximum atomic E-state index is 13.2. The standard InChI is InChI=1S/C9H11F2N/c1-12-6-8-4-2-3-7(5-10)9(8)11/h2-4,12H,5-6H2,1H3. The summed E-state index contributed by atoms with van der Waals surface area (Å²) < 4.78 is 25.3. The molecular formula is C9H11F2N. The van der Waals surface area contributed by atoms with Crippen LogP contribution >= 0.6 is 0 Å². The van der Waals surface area contributed by atoms with E-state index in [9.17, 15) is 8.78 Å². The summed E-state index contributed by atoms with van der Waals surface area (Å²) in [6.45, 7) is -0.316. The normalized spacial score (nSPS) is 10.2. The van der Waals surface area contributed by atoms with Gasteiger partial charge in [-0.3, -0.25) is 0 Å². The predicted octanol–water partition coefficient (Wildman–Crippen LogP) is 2.01. The molecule has 3 heteroatoms. The maximum absolute atomic E-state index is 13.2. The third-order valence-electron chi connectivity index (χ3n) is 1.67. The molecule has 0 atom stereocenters. The molecule has 0 saturated heterocycles. The summed E-state index contributed by atoms with van der Waals surface area (Å²) in [4.78, 5) is 0. The van der Waals surface area contributed by atoms with Crippen LogP contribution in [0.5, 0.6) is 0 Å². The van der Waals surface area contributed by atoms with Gasteiger partial charge in [-0.1, -0.05) is 18.2 Å². The highest BCUT2D eigenvalue weighted by atomic mass is 19.1. The van der Waals surface area contributed by atoms with Crippen molar-refractivity contribution in [3.63, 3.8) is 0 Å². The first kappa shape index (κ1) is 9.13. The van der Waals surface area contributed by atoms with E-state index in [0.717, 1.165) is 0 Å². The molecule has 66 valence electrons. The monoisotopic (exact) mass is 171 g/mol. The SMILES string of the molecule is CNCc1cccc(CF)c1F. The van der Waals surface area contributed by atoms with Crippen LogP contribution in [-0.2, 0) is 13.2 Å². The van der Waals surface area contributed by atoms with Gasteiger partial charge in [-0.15, -0.1) is 0 Å². The van der Waals surface area contributed by atoms with E-state index in [-0.39, 0.29) is 5.56 Å². The summed E-state index contributed by atoms with van der Waals surface area (Å²) in [6, 6.07) is 4.75. The summed E-state index contributed by atoms with van der Waals surface area (Å²) in [5, 5.41) is 2.81. The minimum Gasteiger partial charge on any atom is -0.316 e. The number of hydrogen-bond acceptors (Lipinski definition) is 1. The first-order valence-corrected chi connectivity index (χ1v) is 3.76. The van der Waals surface area contributed by atoms with Gasteiger partial charge in [0.15, 0.2) is 0 Å². The van der Waals surface area contributed by atoms with E-state index in [1.165, 1.54) is 6.07 Å². The van der Waals surface area contributed by atoms with Gasteiger partial charge in [-0.25, -0.2) is 8.78 Å². The Labute approximate surface area is 70.4 Å². The Morgan fingerprint density at radius 1 is 1.33 bits per heavy atom. The number of hydrogen-bond donors (Lipinski definition) is 1. The van der Waals surface area contributed by atoms with Gasteiger partial charge < -0.3 is 5.32 Å². The highest BCUT2D eigenvalue weighted by Crippen LogP contribution is 2.13. The van der Waals surface area contributed by atoms with E-state index < -0.39 is 12.5 Å². The van der Waals surface area contributed by atoms with E-state index in [0.29, 0.717) is 12.1 Å². The van der Waals surface area contributed by atoms with E-state index in [1.54, 1.807) is 19.2 Å². The highest BCUT2D eigenvalue weighted by molar-refractivity contribution is 5.25. The van der Waals surface area contributed by atoms with Gasteiger partial charge in [0.2, 0.25) is 0 Å². The molecule has 0 aromatic heterocycles. The third-order valence-corrected chi connectivity index (χ3v) is 1.67. The molecule has 0 amide bonds. The lowest BCUT2D eigenvalue weighted by atomic mass is 10.1. The molecule has 0 aliphatic heterocycles. The minimum atomic E-state index is -0.747. The Kier molecular flexibility index (Phi) is 3.17. The van der Waals surface area contributed by atoms with Crippen LogP contribution in [-0.4, -0.2) is 7.05 Å². The molecule has 0 aliphatic carbocycles. The van der Waals surface area contributed by atoms with Crippen LogP contribution in [0.25, 0.3) is 0 Å². The lowest BCUT2D eigenvalue weighted by Gasteiger charge is -2.04. The van der Waals surface area contributed by atoms with E-state index in [2.05, 4.69) is 5.32 Å². The lowest BCUT2D eigenvalue weighted by Crippen LogP contribution is -2.07. The zero-order valence-corrected chi connectivity index (χ0v) is 6.90. The number of halogens is 2. The molecule has 12 heavy (non-hydrogen) atoms. The summed E-state index contributed by atoms with van der Waals surface area (Å²) in [7, 11) is 1.72. The van der Waals surface area contributed by atoms with Gasteiger partial charge in [-0.2, -0.15) is 0 Å². The van der Waals surface area contributed by atoms with Crippen molar-refractivity contribution in [2.45, 2.75) is 13.2 Å². The fourth-order valence-electron chi connectivity index (χ4n) is 1.06. The van der Waals surface area contributed by atoms with Crippen molar-refractivity contribution >= 4 is 0 Å². The van der Waals surface area contributed by atoms with Crippen molar-refractivity contribution in [3.8, 4) is 0 Å². The second-order valence-electron chi connectivity index (χ2n) is 2.55. The van der Waals surface area contributed by atoms with Gasteiger partial charge >= 0.3 is 0 Å². The fraction of sp³-hybridized carbons (Fsp3) is 0.333. The zero-order chi connectivity index (χ0) is 8.97. The van der Waals surface area contributed by atoms with Crippen LogP contribution in [0.15, 0.2) is 18.2 Å². The number of nitrogens with one attached hydrogen (secondary N) is 1. The van der Waals surface area contributed by atoms with Crippen LogP contribution in [0.1, 0.15) is 11.1 Å². The van der Waals surface area contributed by atoms with Gasteiger partial charge in [0.05, 0.1) is 0 Å². The lowest BCUT2D eigenvalue weighted by molar-refractivity contribution is 0.460. The van der Waals surface area contributed by atoms with Crippen molar-refractivity contribution in [2.75, 3.05) is 7.05 Å². The quantitative estimate of drug-likeness (QED) is 0.733. The molecule has 1 rings (SSSR count). The molecule has 1 aromatic rings. The van der Waals surface area contributed by atoms with E-state index in [4.69, 9.17) is 0 Å². The summed E-state index contributed by atoms with van der Waals surface area (Å²) >= 11 is 0. The van der Waals surface area contributed by atoms with Crippen molar-refractivity contribution in [2.24, 2.45) is 0 Å². The first-order chi connectivity index (χ1) is 5.79. The second kappa shape index (κ2) is 4.16. The van der Waals surface area contributed by atoms with Crippen molar-refractivity contribution < 1.29 is 8.78 Å². The Morgan fingerprint density at radius 3 is 2.58 bits per heavy atom. The fourth-order valence-corrected chi connectivity index (χ4v) is 1.06. The van der Waals surface area contributed by atoms with Crippen LogP contribution in [0, 0.1) is 5.82 Å². The first-order valence-electron chi connectivity index (χ1n) is 3.76. The molecule has 0 unspecified atom stereocenters. The molecule has 0 radical (unpaired) electrons. The van der Waals surface area contributed by atoms with Crippen LogP contribution in [0.4, 0.5) is 8.78 Å². The van der Waals surface area contributed by atoms with Gasteiger partial charge in [-0.05, 0) is 7.05 Å². The Balaban J connectivity index is 2.97. The van der Waals surface area contributed by atoms with E-state index >= 15 is 0 Å². The number of alkyl halides is 1. The topological polar surface area (TPSA) is 12.0 Å². The van der Waals surface area contributed by atoms with Crippen LogP contribution < -0.4 is 5.32 Å². The molecule has 1 N–H and O–H groups in total. The minimum absolute atomic E-state index is 0.128. The summed E-state index contributed by atoms with van der Waals surface area (Å²) in [6.07, 6.45) is 0. The van der Waals surface area contributed by atoms with Gasteiger partial charge in [0.25, 0.3) is 0 Å². The van der Waals surface area contributed by atoms with Crippen LogP contribution in [0.3, 0.4) is 0 Å². The molecule has 1 aromatic carbocycles. The van der Waals surface area contributed by atoms with Gasteiger partial charge in [0.1, 0.15) is 12.5 Å². The molecular weight excluding hydrogens is 160 g/mol. The Morgan fingerprint density at radius 2 is 2.00 bits per heavy atom. The van der Waals surface area contributed by atoms with Crippen molar-refractivity contribution in [1.29, 1.82) is 0 Å².